The molecule has 3 heterocycles. The molecule has 3 N–H and O–H groups in total. The van der Waals surface area contributed by atoms with Crippen LogP contribution in [0.5, 0.6) is 11.5 Å². The van der Waals surface area contributed by atoms with Crippen molar-refractivity contribution < 1.29 is 19.4 Å². The SMILES string of the molecule is CCCCC(Oc1ccc(C(N)=NO)cc1)Oc1ccc(-c2nc(N3CCOCC3)sc2CCN2CCSCC2)cc1. The van der Waals surface area contributed by atoms with Gasteiger partial charge in [-0.15, -0.1) is 11.3 Å². The van der Waals surface area contributed by atoms with Crippen molar-refractivity contribution in [2.75, 3.05) is 62.3 Å². The van der Waals surface area contributed by atoms with E-state index >= 15 is 0 Å². The Hall–Kier alpha value is -2.99. The van der Waals surface area contributed by atoms with Crippen LogP contribution in [0.2, 0.25) is 0 Å². The van der Waals surface area contributed by atoms with Gasteiger partial charge in [-0.05, 0) is 61.4 Å². The molecule has 2 aliphatic rings. The molecule has 0 spiro atoms. The zero-order valence-corrected chi connectivity index (χ0v) is 25.9. The van der Waals surface area contributed by atoms with Crippen molar-refractivity contribution in [1.82, 2.24) is 9.88 Å². The van der Waals surface area contributed by atoms with Gasteiger partial charge < -0.3 is 35.0 Å². The third-order valence-electron chi connectivity index (χ3n) is 7.44. The van der Waals surface area contributed by atoms with E-state index < -0.39 is 6.29 Å². The van der Waals surface area contributed by atoms with Crippen molar-refractivity contribution in [3.63, 3.8) is 0 Å². The normalized spacial score (nSPS) is 17.3. The number of nitrogens with two attached hydrogens (primary N) is 1. The van der Waals surface area contributed by atoms with Gasteiger partial charge in [0, 0.05) is 66.7 Å². The molecule has 2 saturated heterocycles. The van der Waals surface area contributed by atoms with Crippen LogP contribution < -0.4 is 20.1 Å². The molecule has 2 aliphatic heterocycles. The lowest BCUT2D eigenvalue weighted by Gasteiger charge is -2.26. The van der Waals surface area contributed by atoms with E-state index in [2.05, 4.69) is 34.0 Å². The monoisotopic (exact) mass is 611 g/mol. The van der Waals surface area contributed by atoms with Crippen molar-refractivity contribution in [2.45, 2.75) is 38.9 Å². The largest absolute Gasteiger partial charge is 0.455 e. The van der Waals surface area contributed by atoms with E-state index in [1.54, 1.807) is 24.3 Å². The molecule has 1 atom stereocenters. The Labute approximate surface area is 256 Å². The zero-order valence-electron chi connectivity index (χ0n) is 24.2. The van der Waals surface area contributed by atoms with E-state index in [0.29, 0.717) is 11.3 Å². The minimum Gasteiger partial charge on any atom is -0.455 e. The predicted molar refractivity (Wildman–Crippen MR) is 172 cm³/mol. The minimum absolute atomic E-state index is 0.0614. The number of thioether (sulfide) groups is 1. The molecule has 1 aromatic heterocycles. The van der Waals surface area contributed by atoms with Crippen LogP contribution in [-0.4, -0.2) is 84.7 Å². The first-order chi connectivity index (χ1) is 20.6. The lowest BCUT2D eigenvalue weighted by atomic mass is 10.1. The van der Waals surface area contributed by atoms with Crippen LogP contribution in [0.4, 0.5) is 5.13 Å². The molecular formula is C31H41N5O4S2. The summed E-state index contributed by atoms with van der Waals surface area (Å²) in [6.45, 7) is 8.81. The number of nitrogens with zero attached hydrogens (tertiary/aromatic N) is 4. The summed E-state index contributed by atoms with van der Waals surface area (Å²) in [5.41, 5.74) is 8.49. The molecule has 2 fully saturated rings. The third kappa shape index (κ3) is 8.31. The number of rotatable bonds is 13. The highest BCUT2D eigenvalue weighted by Gasteiger charge is 2.21. The summed E-state index contributed by atoms with van der Waals surface area (Å²) in [6, 6.07) is 15.4. The second-order valence-corrected chi connectivity index (χ2v) is 12.7. The van der Waals surface area contributed by atoms with Gasteiger partial charge in [0.05, 0.1) is 18.9 Å². The van der Waals surface area contributed by atoms with Crippen LogP contribution in [0.25, 0.3) is 11.3 Å². The van der Waals surface area contributed by atoms with Crippen molar-refractivity contribution in [1.29, 1.82) is 0 Å². The van der Waals surface area contributed by atoms with Gasteiger partial charge in [-0.2, -0.15) is 11.8 Å². The van der Waals surface area contributed by atoms with E-state index in [0.717, 1.165) is 93.8 Å². The number of anilines is 1. The van der Waals surface area contributed by atoms with E-state index in [-0.39, 0.29) is 5.84 Å². The number of ether oxygens (including phenoxy) is 3. The lowest BCUT2D eigenvalue weighted by Crippen LogP contribution is -2.36. The first-order valence-electron chi connectivity index (χ1n) is 14.8. The molecule has 5 rings (SSSR count). The van der Waals surface area contributed by atoms with Gasteiger partial charge in [-0.1, -0.05) is 18.5 Å². The molecule has 11 heteroatoms. The van der Waals surface area contributed by atoms with Crippen LogP contribution in [0, 0.1) is 0 Å². The standard InChI is InChI=1S/C31H41N5O4S2/c1-2-3-4-28(40-26-11-7-24(8-12-26)30(32)34-37)39-25-9-5-23(6-10-25)29-27(13-14-35-17-21-41-22-18-35)42-31(33-29)36-15-19-38-20-16-36/h5-12,28,37H,2-4,13-22H2,1H3,(H2,32,34). The average Bonchev–Trinajstić information content (AvgIpc) is 3.48. The minimum atomic E-state index is -0.434. The Balaban J connectivity index is 1.29. The molecule has 2 aromatic carbocycles. The summed E-state index contributed by atoms with van der Waals surface area (Å²) in [7, 11) is 0. The summed E-state index contributed by atoms with van der Waals surface area (Å²) >= 11 is 3.87. The van der Waals surface area contributed by atoms with Crippen LogP contribution in [0.3, 0.4) is 0 Å². The van der Waals surface area contributed by atoms with Crippen LogP contribution in [0.1, 0.15) is 36.6 Å². The van der Waals surface area contributed by atoms with Gasteiger partial charge >= 0.3 is 0 Å². The number of amidine groups is 1. The second-order valence-electron chi connectivity index (χ2n) is 10.4. The summed E-state index contributed by atoms with van der Waals surface area (Å²) in [5.74, 6) is 3.92. The van der Waals surface area contributed by atoms with E-state index in [9.17, 15) is 0 Å². The summed E-state index contributed by atoms with van der Waals surface area (Å²) in [4.78, 5) is 11.4. The van der Waals surface area contributed by atoms with Gasteiger partial charge in [-0.3, -0.25) is 0 Å². The molecular weight excluding hydrogens is 571 g/mol. The number of morpholine rings is 1. The molecule has 9 nitrogen and oxygen atoms in total. The smallest absolute Gasteiger partial charge is 0.241 e. The molecule has 0 bridgehead atoms. The summed E-state index contributed by atoms with van der Waals surface area (Å²) in [5, 5.41) is 13.1. The molecule has 0 amide bonds. The number of thiazole rings is 1. The number of hydrogen-bond donors (Lipinski definition) is 2. The Morgan fingerprint density at radius 1 is 1.02 bits per heavy atom. The average molecular weight is 612 g/mol. The van der Waals surface area contributed by atoms with E-state index in [1.807, 2.05) is 35.2 Å². The summed E-state index contributed by atoms with van der Waals surface area (Å²) in [6.07, 6.45) is 3.35. The van der Waals surface area contributed by atoms with Gasteiger partial charge in [0.2, 0.25) is 6.29 Å². The number of hydrogen-bond acceptors (Lipinski definition) is 10. The molecule has 3 aromatic rings. The van der Waals surface area contributed by atoms with Crippen molar-refractivity contribution >= 4 is 34.1 Å². The number of oxime groups is 1. The number of unbranched alkanes of at least 4 members (excludes halogenated alkanes) is 1. The molecule has 0 saturated carbocycles. The van der Waals surface area contributed by atoms with Crippen LogP contribution in [0.15, 0.2) is 53.7 Å². The quantitative estimate of drug-likeness (QED) is 0.0875. The maximum absolute atomic E-state index is 8.91. The fourth-order valence-corrected chi connectivity index (χ4v) is 7.08. The molecule has 226 valence electrons. The predicted octanol–water partition coefficient (Wildman–Crippen LogP) is 5.31. The highest BCUT2D eigenvalue weighted by molar-refractivity contribution is 7.99. The molecule has 0 aliphatic carbocycles. The number of benzene rings is 2. The summed E-state index contributed by atoms with van der Waals surface area (Å²) < 4.78 is 18.1. The Morgan fingerprint density at radius 2 is 1.69 bits per heavy atom. The fraction of sp³-hybridized carbons (Fsp3) is 0.484. The first-order valence-corrected chi connectivity index (χ1v) is 16.7. The highest BCUT2D eigenvalue weighted by Crippen LogP contribution is 2.35. The Bertz CT molecular complexity index is 1270. The zero-order chi connectivity index (χ0) is 29.1. The van der Waals surface area contributed by atoms with Crippen LogP contribution in [-0.2, 0) is 11.2 Å². The molecule has 1 unspecified atom stereocenters. The van der Waals surface area contributed by atoms with Gasteiger partial charge in [0.15, 0.2) is 11.0 Å². The maximum atomic E-state index is 8.91. The van der Waals surface area contributed by atoms with Gasteiger partial charge in [-0.25, -0.2) is 4.98 Å². The fourth-order valence-electron chi connectivity index (χ4n) is 4.98. The van der Waals surface area contributed by atoms with Gasteiger partial charge in [0.25, 0.3) is 0 Å². The van der Waals surface area contributed by atoms with Crippen molar-refractivity contribution in [3.8, 4) is 22.8 Å². The Kier molecular flexibility index (Phi) is 11.2. The number of aromatic nitrogens is 1. The first kappa shape index (κ1) is 30.5. The molecule has 0 radical (unpaired) electrons. The van der Waals surface area contributed by atoms with E-state index in [4.69, 9.17) is 30.1 Å². The molecule has 42 heavy (non-hydrogen) atoms. The highest BCUT2D eigenvalue weighted by atomic mass is 32.2. The maximum Gasteiger partial charge on any atom is 0.241 e. The van der Waals surface area contributed by atoms with Crippen molar-refractivity contribution in [2.24, 2.45) is 10.9 Å². The van der Waals surface area contributed by atoms with Crippen molar-refractivity contribution in [3.05, 3.63) is 59.0 Å². The third-order valence-corrected chi connectivity index (χ3v) is 9.56. The van der Waals surface area contributed by atoms with Gasteiger partial charge in [0.1, 0.15) is 11.5 Å². The Morgan fingerprint density at radius 3 is 2.33 bits per heavy atom. The lowest BCUT2D eigenvalue weighted by molar-refractivity contribution is -0.00211. The second kappa shape index (κ2) is 15.5. The topological polar surface area (TPSA) is 106 Å². The van der Waals surface area contributed by atoms with E-state index in [1.165, 1.54) is 16.4 Å². The van der Waals surface area contributed by atoms with Crippen LogP contribution >= 0.6 is 23.1 Å².